The highest BCUT2D eigenvalue weighted by molar-refractivity contribution is 5.99. The topological polar surface area (TPSA) is 58.4 Å². The first-order chi connectivity index (χ1) is 13.4. The van der Waals surface area contributed by atoms with Gasteiger partial charge in [0.25, 0.3) is 5.91 Å². The second-order valence-electron chi connectivity index (χ2n) is 8.19. The summed E-state index contributed by atoms with van der Waals surface area (Å²) >= 11 is 0. The number of benzene rings is 1. The summed E-state index contributed by atoms with van der Waals surface area (Å²) in [6.45, 7) is 5.49. The third-order valence-electron chi connectivity index (χ3n) is 6.17. The first-order valence-electron chi connectivity index (χ1n) is 10.2. The molecule has 0 N–H and O–H groups in total. The highest BCUT2D eigenvalue weighted by Gasteiger charge is 2.53. The first-order valence-corrected chi connectivity index (χ1v) is 10.2. The van der Waals surface area contributed by atoms with Gasteiger partial charge in [-0.05, 0) is 51.2 Å². The molecule has 3 heterocycles. The van der Waals surface area contributed by atoms with Crippen molar-refractivity contribution >= 4 is 11.8 Å². The maximum absolute atomic E-state index is 13.4. The van der Waals surface area contributed by atoms with Gasteiger partial charge in [-0.3, -0.25) is 14.3 Å². The number of hydrogen-bond donors (Lipinski definition) is 0. The van der Waals surface area contributed by atoms with Crippen LogP contribution in [0.2, 0.25) is 0 Å². The van der Waals surface area contributed by atoms with Crippen LogP contribution in [0.15, 0.2) is 36.4 Å². The summed E-state index contributed by atoms with van der Waals surface area (Å²) in [5.74, 6) is -0.0203. The Hall–Kier alpha value is -2.63. The van der Waals surface area contributed by atoms with Crippen molar-refractivity contribution in [3.63, 3.8) is 0 Å². The van der Waals surface area contributed by atoms with Crippen molar-refractivity contribution in [3.8, 4) is 11.3 Å². The highest BCUT2D eigenvalue weighted by Crippen LogP contribution is 2.39. The predicted molar refractivity (Wildman–Crippen MR) is 108 cm³/mol. The van der Waals surface area contributed by atoms with Gasteiger partial charge in [0, 0.05) is 26.2 Å². The van der Waals surface area contributed by atoms with Crippen LogP contribution in [0.25, 0.3) is 11.3 Å². The van der Waals surface area contributed by atoms with E-state index in [1.54, 1.807) is 9.58 Å². The third-order valence-corrected chi connectivity index (χ3v) is 6.17. The molecule has 28 heavy (non-hydrogen) atoms. The van der Waals surface area contributed by atoms with Crippen LogP contribution in [-0.2, 0) is 11.8 Å². The maximum Gasteiger partial charge on any atom is 0.275 e. The number of hydrogen-bond acceptors (Lipinski definition) is 3. The van der Waals surface area contributed by atoms with Gasteiger partial charge >= 0.3 is 0 Å². The van der Waals surface area contributed by atoms with E-state index in [0.29, 0.717) is 12.2 Å². The Morgan fingerprint density at radius 3 is 2.46 bits per heavy atom. The van der Waals surface area contributed by atoms with Gasteiger partial charge in [0.2, 0.25) is 5.91 Å². The molecule has 2 aliphatic rings. The molecule has 1 spiro atoms. The molecule has 6 nitrogen and oxygen atoms in total. The summed E-state index contributed by atoms with van der Waals surface area (Å²) in [6.07, 6.45) is 3.30. The molecular weight excluding hydrogens is 352 g/mol. The standard InChI is InChI=1S/C22H28N4O2/c1-16(2)25-13-7-11-22(21(25)28)12-8-14-26(22)20(27)18-15-19(24(3)23-18)17-9-5-4-6-10-17/h4-6,9-10,15-16H,7-8,11-14H2,1-3H3. The maximum atomic E-state index is 13.4. The Morgan fingerprint density at radius 2 is 1.79 bits per heavy atom. The molecule has 2 saturated heterocycles. The fourth-order valence-electron chi connectivity index (χ4n) is 4.76. The van der Waals surface area contributed by atoms with Gasteiger partial charge in [-0.2, -0.15) is 5.10 Å². The molecule has 4 rings (SSSR count). The van der Waals surface area contributed by atoms with Crippen molar-refractivity contribution < 1.29 is 9.59 Å². The second kappa shape index (κ2) is 7.08. The zero-order chi connectivity index (χ0) is 19.9. The zero-order valence-corrected chi connectivity index (χ0v) is 16.9. The van der Waals surface area contributed by atoms with Crippen LogP contribution in [0.3, 0.4) is 0 Å². The summed E-state index contributed by atoms with van der Waals surface area (Å²) in [7, 11) is 1.85. The van der Waals surface area contributed by atoms with Crippen LogP contribution >= 0.6 is 0 Å². The van der Waals surface area contributed by atoms with Crippen molar-refractivity contribution in [2.24, 2.45) is 7.05 Å². The lowest BCUT2D eigenvalue weighted by Crippen LogP contribution is -2.62. The number of likely N-dealkylation sites (tertiary alicyclic amines) is 2. The van der Waals surface area contributed by atoms with Gasteiger partial charge in [-0.25, -0.2) is 0 Å². The minimum absolute atomic E-state index is 0.110. The van der Waals surface area contributed by atoms with E-state index in [-0.39, 0.29) is 17.9 Å². The molecule has 148 valence electrons. The van der Waals surface area contributed by atoms with E-state index < -0.39 is 5.54 Å². The van der Waals surface area contributed by atoms with Crippen LogP contribution in [0.5, 0.6) is 0 Å². The highest BCUT2D eigenvalue weighted by atomic mass is 16.2. The summed E-state index contributed by atoms with van der Waals surface area (Å²) in [6, 6.07) is 11.9. The smallest absolute Gasteiger partial charge is 0.275 e. The molecule has 2 fully saturated rings. The van der Waals surface area contributed by atoms with E-state index in [1.165, 1.54) is 0 Å². The molecule has 2 aliphatic heterocycles. The number of rotatable bonds is 3. The van der Waals surface area contributed by atoms with Crippen molar-refractivity contribution in [2.45, 2.75) is 51.1 Å². The quantitative estimate of drug-likeness (QED) is 0.822. The Kier molecular flexibility index (Phi) is 4.73. The van der Waals surface area contributed by atoms with Gasteiger partial charge in [-0.15, -0.1) is 0 Å². The predicted octanol–water partition coefficient (Wildman–Crippen LogP) is 3.09. The van der Waals surface area contributed by atoms with Crippen LogP contribution < -0.4 is 0 Å². The Morgan fingerprint density at radius 1 is 1.11 bits per heavy atom. The molecular formula is C22H28N4O2. The molecule has 0 aliphatic carbocycles. The van der Waals surface area contributed by atoms with Gasteiger partial charge in [-0.1, -0.05) is 30.3 Å². The van der Waals surface area contributed by atoms with Crippen LogP contribution in [0, 0.1) is 0 Å². The number of amides is 2. The number of piperidine rings is 1. The number of carbonyl (C=O) groups excluding carboxylic acids is 2. The third kappa shape index (κ3) is 2.91. The average Bonchev–Trinajstić information content (AvgIpc) is 3.28. The van der Waals surface area contributed by atoms with E-state index in [1.807, 2.05) is 62.2 Å². The number of aryl methyl sites for hydroxylation is 1. The largest absolute Gasteiger partial charge is 0.338 e. The molecule has 6 heteroatoms. The molecule has 0 bridgehead atoms. The molecule has 2 amide bonds. The van der Waals surface area contributed by atoms with Crippen LogP contribution in [0.1, 0.15) is 50.0 Å². The van der Waals surface area contributed by atoms with E-state index in [0.717, 1.165) is 43.5 Å². The second-order valence-corrected chi connectivity index (χ2v) is 8.19. The van der Waals surface area contributed by atoms with Gasteiger partial charge in [0.05, 0.1) is 5.69 Å². The lowest BCUT2D eigenvalue weighted by molar-refractivity contribution is -0.147. The van der Waals surface area contributed by atoms with Crippen LogP contribution in [0.4, 0.5) is 0 Å². The Bertz CT molecular complexity index is 889. The molecule has 1 aromatic carbocycles. The average molecular weight is 380 g/mol. The van der Waals surface area contributed by atoms with Crippen molar-refractivity contribution in [1.29, 1.82) is 0 Å². The van der Waals surface area contributed by atoms with E-state index in [4.69, 9.17) is 0 Å². The zero-order valence-electron chi connectivity index (χ0n) is 16.9. The fourth-order valence-corrected chi connectivity index (χ4v) is 4.76. The Balaban J connectivity index is 1.66. The minimum Gasteiger partial charge on any atom is -0.338 e. The lowest BCUT2D eigenvalue weighted by Gasteiger charge is -2.45. The lowest BCUT2D eigenvalue weighted by atomic mass is 9.84. The minimum atomic E-state index is -0.690. The normalized spacial score (nSPS) is 22.5. The van der Waals surface area contributed by atoms with Gasteiger partial charge in [0.1, 0.15) is 5.54 Å². The SMILES string of the molecule is CC(C)N1CCCC2(CCCN2C(=O)c2cc(-c3ccccc3)n(C)n2)C1=O. The van der Waals surface area contributed by atoms with E-state index >= 15 is 0 Å². The molecule has 0 saturated carbocycles. The molecule has 1 aromatic heterocycles. The summed E-state index contributed by atoms with van der Waals surface area (Å²) < 4.78 is 1.74. The van der Waals surface area contributed by atoms with Crippen molar-refractivity contribution in [2.75, 3.05) is 13.1 Å². The number of nitrogens with zero attached hydrogens (tertiary/aromatic N) is 4. The van der Waals surface area contributed by atoms with Gasteiger partial charge in [0.15, 0.2) is 5.69 Å². The summed E-state index contributed by atoms with van der Waals surface area (Å²) in [5, 5.41) is 4.49. The summed E-state index contributed by atoms with van der Waals surface area (Å²) in [4.78, 5) is 30.5. The first kappa shape index (κ1) is 18.7. The van der Waals surface area contributed by atoms with E-state index in [2.05, 4.69) is 5.10 Å². The monoisotopic (exact) mass is 380 g/mol. The van der Waals surface area contributed by atoms with Crippen LogP contribution in [-0.4, -0.2) is 56.1 Å². The number of aromatic nitrogens is 2. The Labute approximate surface area is 166 Å². The number of carbonyl (C=O) groups is 2. The summed E-state index contributed by atoms with van der Waals surface area (Å²) in [5.41, 5.74) is 1.64. The van der Waals surface area contributed by atoms with Crippen molar-refractivity contribution in [3.05, 3.63) is 42.1 Å². The molecule has 0 radical (unpaired) electrons. The molecule has 1 unspecified atom stereocenters. The van der Waals surface area contributed by atoms with Crippen molar-refractivity contribution in [1.82, 2.24) is 19.6 Å². The molecule has 1 atom stereocenters. The fraction of sp³-hybridized carbons (Fsp3) is 0.500. The van der Waals surface area contributed by atoms with E-state index in [9.17, 15) is 9.59 Å². The molecule has 2 aromatic rings. The van der Waals surface area contributed by atoms with Gasteiger partial charge < -0.3 is 9.80 Å².